The van der Waals surface area contributed by atoms with Gasteiger partial charge in [0.05, 0.1) is 12.0 Å². The first kappa shape index (κ1) is 13.3. The Morgan fingerprint density at radius 3 is 2.44 bits per heavy atom. The Balaban J connectivity index is 2.13. The van der Waals surface area contributed by atoms with E-state index in [1.54, 1.807) is 19.2 Å². The molecule has 1 unspecified atom stereocenters. The molecule has 0 bridgehead atoms. The fourth-order valence-electron chi connectivity index (χ4n) is 1.86. The molecular formula is C12H18N2O3S. The van der Waals surface area contributed by atoms with Gasteiger partial charge in [-0.1, -0.05) is 0 Å². The molecule has 0 radical (unpaired) electrons. The number of hydrogen-bond acceptors (Lipinski definition) is 4. The first-order valence-electron chi connectivity index (χ1n) is 5.93. The minimum Gasteiger partial charge on any atom is -0.497 e. The lowest BCUT2D eigenvalue weighted by molar-refractivity contribution is 0.414. The van der Waals surface area contributed by atoms with Crippen LogP contribution < -0.4 is 15.2 Å². The monoisotopic (exact) mass is 270 g/mol. The van der Waals surface area contributed by atoms with Crippen LogP contribution in [-0.4, -0.2) is 28.1 Å². The van der Waals surface area contributed by atoms with Crippen LogP contribution in [0.4, 0.5) is 0 Å². The van der Waals surface area contributed by atoms with Gasteiger partial charge in [0.25, 0.3) is 0 Å². The van der Waals surface area contributed by atoms with E-state index in [0.717, 1.165) is 12.8 Å². The number of sulfonamides is 1. The second kappa shape index (κ2) is 5.26. The predicted octanol–water partition coefficient (Wildman–Crippen LogP) is 0.711. The van der Waals surface area contributed by atoms with Gasteiger partial charge in [-0.15, -0.1) is 0 Å². The van der Waals surface area contributed by atoms with E-state index < -0.39 is 10.0 Å². The minimum atomic E-state index is -3.49. The highest BCUT2D eigenvalue weighted by Gasteiger charge is 2.33. The third-order valence-electron chi connectivity index (χ3n) is 3.12. The van der Waals surface area contributed by atoms with Gasteiger partial charge >= 0.3 is 0 Å². The Kier molecular flexibility index (Phi) is 3.89. The number of ether oxygens (including phenoxy) is 1. The molecule has 1 aliphatic rings. The van der Waals surface area contributed by atoms with Crippen LogP contribution >= 0.6 is 0 Å². The first-order chi connectivity index (χ1) is 8.56. The van der Waals surface area contributed by atoms with E-state index in [2.05, 4.69) is 4.72 Å². The van der Waals surface area contributed by atoms with E-state index in [4.69, 9.17) is 10.5 Å². The van der Waals surface area contributed by atoms with Gasteiger partial charge in [0, 0.05) is 12.6 Å². The Hall–Kier alpha value is -1.11. The topological polar surface area (TPSA) is 81.4 Å². The van der Waals surface area contributed by atoms with Gasteiger partial charge in [0.2, 0.25) is 10.0 Å². The number of nitrogens with one attached hydrogen (secondary N) is 1. The van der Waals surface area contributed by atoms with Crippen LogP contribution in [0.2, 0.25) is 0 Å². The van der Waals surface area contributed by atoms with Crippen molar-refractivity contribution in [3.05, 3.63) is 24.3 Å². The molecule has 0 aromatic heterocycles. The van der Waals surface area contributed by atoms with E-state index in [9.17, 15) is 8.42 Å². The zero-order valence-corrected chi connectivity index (χ0v) is 11.1. The van der Waals surface area contributed by atoms with Gasteiger partial charge in [-0.3, -0.25) is 0 Å². The largest absolute Gasteiger partial charge is 0.497 e. The molecule has 1 saturated carbocycles. The molecular weight excluding hydrogens is 252 g/mol. The highest BCUT2D eigenvalue weighted by atomic mass is 32.2. The zero-order valence-electron chi connectivity index (χ0n) is 10.3. The number of hydrogen-bond donors (Lipinski definition) is 2. The summed E-state index contributed by atoms with van der Waals surface area (Å²) in [7, 11) is -1.95. The number of rotatable bonds is 6. The van der Waals surface area contributed by atoms with E-state index in [1.165, 1.54) is 12.1 Å². The summed E-state index contributed by atoms with van der Waals surface area (Å²) >= 11 is 0. The van der Waals surface area contributed by atoms with Gasteiger partial charge in [-0.25, -0.2) is 13.1 Å². The van der Waals surface area contributed by atoms with Crippen LogP contribution in [0.3, 0.4) is 0 Å². The van der Waals surface area contributed by atoms with Crippen LogP contribution in [0.1, 0.15) is 12.8 Å². The summed E-state index contributed by atoms with van der Waals surface area (Å²) < 4.78 is 31.9. The number of methoxy groups -OCH3 is 1. The van der Waals surface area contributed by atoms with Crippen molar-refractivity contribution in [1.82, 2.24) is 4.72 Å². The third-order valence-corrected chi connectivity index (χ3v) is 4.63. The second-order valence-electron chi connectivity index (χ2n) is 4.48. The number of nitrogens with two attached hydrogens (primary N) is 1. The van der Waals surface area contributed by atoms with Crippen molar-refractivity contribution in [2.24, 2.45) is 11.7 Å². The zero-order chi connectivity index (χ0) is 13.2. The SMILES string of the molecule is COc1ccc(S(=O)(=O)NC(CN)C2CC2)cc1. The summed E-state index contributed by atoms with van der Waals surface area (Å²) in [5, 5.41) is 0. The maximum Gasteiger partial charge on any atom is 0.240 e. The molecule has 18 heavy (non-hydrogen) atoms. The van der Waals surface area contributed by atoms with Crippen molar-refractivity contribution in [2.75, 3.05) is 13.7 Å². The lowest BCUT2D eigenvalue weighted by Crippen LogP contribution is -2.41. The van der Waals surface area contributed by atoms with Crippen LogP contribution in [0.25, 0.3) is 0 Å². The smallest absolute Gasteiger partial charge is 0.240 e. The van der Waals surface area contributed by atoms with Gasteiger partial charge in [0.15, 0.2) is 0 Å². The summed E-state index contributed by atoms with van der Waals surface area (Å²) in [6.07, 6.45) is 2.10. The molecule has 1 aliphatic carbocycles. The van der Waals surface area contributed by atoms with Crippen molar-refractivity contribution >= 4 is 10.0 Å². The number of benzene rings is 1. The summed E-state index contributed by atoms with van der Waals surface area (Å²) in [5.74, 6) is 1.02. The summed E-state index contributed by atoms with van der Waals surface area (Å²) in [6, 6.07) is 6.16. The minimum absolute atomic E-state index is 0.155. The highest BCUT2D eigenvalue weighted by molar-refractivity contribution is 7.89. The van der Waals surface area contributed by atoms with E-state index in [0.29, 0.717) is 18.2 Å². The van der Waals surface area contributed by atoms with Crippen LogP contribution in [0.5, 0.6) is 5.75 Å². The normalized spacial score (nSPS) is 17.4. The van der Waals surface area contributed by atoms with Crippen molar-refractivity contribution in [2.45, 2.75) is 23.8 Å². The Bertz CT molecular complexity index is 495. The first-order valence-corrected chi connectivity index (χ1v) is 7.41. The average molecular weight is 270 g/mol. The molecule has 0 saturated heterocycles. The molecule has 0 amide bonds. The van der Waals surface area contributed by atoms with Crippen molar-refractivity contribution in [1.29, 1.82) is 0 Å². The summed E-state index contributed by atoms with van der Waals surface area (Å²) in [5.41, 5.74) is 5.60. The predicted molar refractivity (Wildman–Crippen MR) is 68.9 cm³/mol. The molecule has 0 spiro atoms. The second-order valence-corrected chi connectivity index (χ2v) is 6.19. The fraction of sp³-hybridized carbons (Fsp3) is 0.500. The Morgan fingerprint density at radius 2 is 2.00 bits per heavy atom. The van der Waals surface area contributed by atoms with Crippen molar-refractivity contribution in [3.8, 4) is 5.75 Å². The standard InChI is InChI=1S/C12H18N2O3S/c1-17-10-4-6-11(7-5-10)18(15,16)14-12(8-13)9-2-3-9/h4-7,9,12,14H,2-3,8,13H2,1H3. The van der Waals surface area contributed by atoms with E-state index in [-0.39, 0.29) is 10.9 Å². The van der Waals surface area contributed by atoms with Crippen LogP contribution in [0, 0.1) is 5.92 Å². The molecule has 1 aromatic carbocycles. The van der Waals surface area contributed by atoms with Gasteiger partial charge in [-0.2, -0.15) is 0 Å². The van der Waals surface area contributed by atoms with Crippen LogP contribution in [-0.2, 0) is 10.0 Å². The Morgan fingerprint density at radius 1 is 1.39 bits per heavy atom. The molecule has 6 heteroatoms. The van der Waals surface area contributed by atoms with E-state index in [1.807, 2.05) is 0 Å². The molecule has 1 aromatic rings. The fourth-order valence-corrected chi connectivity index (χ4v) is 3.18. The maximum absolute atomic E-state index is 12.1. The van der Waals surface area contributed by atoms with Gasteiger partial charge < -0.3 is 10.5 Å². The molecule has 2 rings (SSSR count). The summed E-state index contributed by atoms with van der Waals surface area (Å²) in [4.78, 5) is 0.238. The molecule has 0 heterocycles. The molecule has 100 valence electrons. The van der Waals surface area contributed by atoms with Gasteiger partial charge in [-0.05, 0) is 43.0 Å². The summed E-state index contributed by atoms with van der Waals surface area (Å²) in [6.45, 7) is 0.333. The third kappa shape index (κ3) is 3.01. The quantitative estimate of drug-likeness (QED) is 0.797. The van der Waals surface area contributed by atoms with E-state index >= 15 is 0 Å². The van der Waals surface area contributed by atoms with Crippen molar-refractivity contribution < 1.29 is 13.2 Å². The lowest BCUT2D eigenvalue weighted by Gasteiger charge is -2.16. The maximum atomic E-state index is 12.1. The highest BCUT2D eigenvalue weighted by Crippen LogP contribution is 2.32. The molecule has 1 atom stereocenters. The lowest BCUT2D eigenvalue weighted by atomic mass is 10.2. The molecule has 0 aliphatic heterocycles. The van der Waals surface area contributed by atoms with Crippen molar-refractivity contribution in [3.63, 3.8) is 0 Å². The van der Waals surface area contributed by atoms with Gasteiger partial charge in [0.1, 0.15) is 5.75 Å². The van der Waals surface area contributed by atoms with Crippen LogP contribution in [0.15, 0.2) is 29.2 Å². The molecule has 3 N–H and O–H groups in total. The molecule has 1 fully saturated rings. The molecule has 5 nitrogen and oxygen atoms in total. The average Bonchev–Trinajstić information content (AvgIpc) is 3.20. The Labute approximate surface area is 107 Å².